The molecule has 1 aliphatic rings. The number of piperidine rings is 1. The van der Waals surface area contributed by atoms with E-state index in [1.807, 2.05) is 97.1 Å². The van der Waals surface area contributed by atoms with Gasteiger partial charge in [0, 0.05) is 6.54 Å². The van der Waals surface area contributed by atoms with Crippen molar-refractivity contribution in [1.29, 1.82) is 5.26 Å². The Kier molecular flexibility index (Phi) is 8.28. The highest BCUT2D eigenvalue weighted by Crippen LogP contribution is 2.36. The maximum Gasteiger partial charge on any atom is 0.314 e. The van der Waals surface area contributed by atoms with E-state index >= 15 is 0 Å². The number of carboxylic acid groups (broad SMARTS) is 1. The molecule has 34 heavy (non-hydrogen) atoms. The summed E-state index contributed by atoms with van der Waals surface area (Å²) in [5.74, 6) is -0.749. The van der Waals surface area contributed by atoms with Crippen molar-refractivity contribution < 1.29 is 9.90 Å². The van der Waals surface area contributed by atoms with E-state index in [1.165, 1.54) is 0 Å². The fourth-order valence-corrected chi connectivity index (χ4v) is 4.81. The van der Waals surface area contributed by atoms with Crippen LogP contribution in [0.4, 0.5) is 0 Å². The van der Waals surface area contributed by atoms with Crippen molar-refractivity contribution in [2.45, 2.75) is 23.7 Å². The standard InChI is InChI=1S/C29H28N2O2.ClH/c30-23-29(25-13-6-2-7-14-25,26-15-8-3-9-16-26)17-10-20-31-21-18-28(19-22-31,27(32)33)24-11-4-1-5-12-24;/h1-17H,18-22H2,(H,32,33);1H. The molecular weight excluding hydrogens is 444 g/mol. The smallest absolute Gasteiger partial charge is 0.314 e. The van der Waals surface area contributed by atoms with Crippen molar-refractivity contribution in [3.05, 3.63) is 120 Å². The first-order valence-electron chi connectivity index (χ1n) is 11.3. The monoisotopic (exact) mass is 472 g/mol. The average Bonchev–Trinajstić information content (AvgIpc) is 2.89. The van der Waals surface area contributed by atoms with Crippen LogP contribution >= 0.6 is 12.4 Å². The summed E-state index contributed by atoms with van der Waals surface area (Å²) in [5.41, 5.74) is 1.05. The van der Waals surface area contributed by atoms with Crippen LogP contribution in [-0.4, -0.2) is 35.6 Å². The second-order valence-electron chi connectivity index (χ2n) is 8.61. The highest BCUT2D eigenvalue weighted by Gasteiger charge is 2.42. The minimum atomic E-state index is -0.868. The van der Waals surface area contributed by atoms with E-state index in [4.69, 9.17) is 0 Å². The third kappa shape index (κ3) is 4.92. The quantitative estimate of drug-likeness (QED) is 0.455. The summed E-state index contributed by atoms with van der Waals surface area (Å²) in [7, 11) is 0. The molecule has 1 aliphatic heterocycles. The second kappa shape index (κ2) is 11.2. The van der Waals surface area contributed by atoms with Gasteiger partial charge in [0.15, 0.2) is 0 Å². The Morgan fingerprint density at radius 2 is 1.38 bits per heavy atom. The lowest BCUT2D eigenvalue weighted by Crippen LogP contribution is -2.47. The predicted octanol–water partition coefficient (Wildman–Crippen LogP) is 5.59. The molecule has 0 aromatic heterocycles. The minimum absolute atomic E-state index is 0. The minimum Gasteiger partial charge on any atom is -0.481 e. The third-order valence-corrected chi connectivity index (χ3v) is 6.81. The van der Waals surface area contributed by atoms with Crippen LogP contribution in [0.1, 0.15) is 29.5 Å². The van der Waals surface area contributed by atoms with E-state index in [1.54, 1.807) is 0 Å². The largest absolute Gasteiger partial charge is 0.481 e. The van der Waals surface area contributed by atoms with E-state index < -0.39 is 16.8 Å². The first-order chi connectivity index (χ1) is 16.1. The lowest BCUT2D eigenvalue weighted by Gasteiger charge is -2.39. The molecule has 174 valence electrons. The molecule has 0 atom stereocenters. The van der Waals surface area contributed by atoms with Crippen LogP contribution in [0.5, 0.6) is 0 Å². The fourth-order valence-electron chi connectivity index (χ4n) is 4.81. The lowest BCUT2D eigenvalue weighted by molar-refractivity contribution is -0.145. The Balaban J connectivity index is 0.00000324. The number of carboxylic acids is 1. The highest BCUT2D eigenvalue weighted by molar-refractivity contribution is 5.85. The average molecular weight is 473 g/mol. The van der Waals surface area contributed by atoms with Crippen molar-refractivity contribution in [1.82, 2.24) is 4.90 Å². The number of hydrogen-bond donors (Lipinski definition) is 1. The van der Waals surface area contributed by atoms with Gasteiger partial charge in [0.2, 0.25) is 0 Å². The van der Waals surface area contributed by atoms with Gasteiger partial charge in [0.25, 0.3) is 0 Å². The van der Waals surface area contributed by atoms with Gasteiger partial charge in [-0.1, -0.05) is 103 Å². The van der Waals surface area contributed by atoms with E-state index in [-0.39, 0.29) is 12.4 Å². The summed E-state index contributed by atoms with van der Waals surface area (Å²) < 4.78 is 0. The van der Waals surface area contributed by atoms with Crippen LogP contribution in [-0.2, 0) is 15.6 Å². The normalized spacial score (nSPS) is 15.9. The molecule has 1 heterocycles. The van der Waals surface area contributed by atoms with Crippen LogP contribution < -0.4 is 0 Å². The number of rotatable bonds is 7. The number of carbonyl (C=O) groups is 1. The zero-order valence-corrected chi connectivity index (χ0v) is 19.8. The second-order valence-corrected chi connectivity index (χ2v) is 8.61. The summed E-state index contributed by atoms with van der Waals surface area (Å²) in [6, 6.07) is 31.8. The number of nitrogens with zero attached hydrogens (tertiary/aromatic N) is 2. The van der Waals surface area contributed by atoms with E-state index in [9.17, 15) is 15.2 Å². The summed E-state index contributed by atoms with van der Waals surface area (Å²) in [5, 5.41) is 20.3. The van der Waals surface area contributed by atoms with Crippen molar-refractivity contribution in [2.24, 2.45) is 0 Å². The third-order valence-electron chi connectivity index (χ3n) is 6.81. The topological polar surface area (TPSA) is 64.3 Å². The SMILES string of the molecule is Cl.N#CC(C=CCN1CCC(C(=O)O)(c2ccccc2)CC1)(c1ccccc1)c1ccccc1. The van der Waals surface area contributed by atoms with Crippen LogP contribution in [0.25, 0.3) is 0 Å². The van der Waals surface area contributed by atoms with Gasteiger partial charge in [0.05, 0.1) is 11.5 Å². The molecule has 4 rings (SSSR count). The van der Waals surface area contributed by atoms with E-state index in [2.05, 4.69) is 17.0 Å². The maximum absolute atomic E-state index is 12.2. The Morgan fingerprint density at radius 3 is 1.82 bits per heavy atom. The van der Waals surface area contributed by atoms with Gasteiger partial charge in [-0.25, -0.2) is 0 Å². The van der Waals surface area contributed by atoms with Crippen molar-refractivity contribution in [3.8, 4) is 6.07 Å². The number of halogens is 1. The number of allylic oxidation sites excluding steroid dienone is 1. The molecular formula is C29H29ClN2O2. The van der Waals surface area contributed by atoms with Gasteiger partial charge in [-0.15, -0.1) is 12.4 Å². The number of likely N-dealkylation sites (tertiary alicyclic amines) is 1. The molecule has 5 heteroatoms. The first kappa shape index (κ1) is 25.2. The summed E-state index contributed by atoms with van der Waals surface area (Å²) in [6.45, 7) is 2.07. The Labute approximate surface area is 207 Å². The van der Waals surface area contributed by atoms with Gasteiger partial charge < -0.3 is 5.11 Å². The lowest BCUT2D eigenvalue weighted by atomic mass is 9.72. The van der Waals surface area contributed by atoms with Crippen molar-refractivity contribution in [2.75, 3.05) is 19.6 Å². The molecule has 0 unspecified atom stereocenters. The van der Waals surface area contributed by atoms with Gasteiger partial charge in [-0.05, 0) is 42.6 Å². The van der Waals surface area contributed by atoms with E-state index in [0.717, 1.165) is 16.7 Å². The van der Waals surface area contributed by atoms with Crippen LogP contribution in [0.15, 0.2) is 103 Å². The zero-order chi connectivity index (χ0) is 23.2. The number of aliphatic carboxylic acids is 1. The molecule has 0 radical (unpaired) electrons. The Morgan fingerprint density at radius 1 is 0.912 bits per heavy atom. The van der Waals surface area contributed by atoms with Gasteiger partial charge >= 0.3 is 5.97 Å². The molecule has 0 amide bonds. The maximum atomic E-state index is 12.2. The zero-order valence-electron chi connectivity index (χ0n) is 19.0. The summed E-state index contributed by atoms with van der Waals surface area (Å²) in [6.07, 6.45) is 5.19. The predicted molar refractivity (Wildman–Crippen MR) is 137 cm³/mol. The highest BCUT2D eigenvalue weighted by atomic mass is 35.5. The van der Waals surface area contributed by atoms with Gasteiger partial charge in [-0.2, -0.15) is 5.26 Å². The molecule has 1 fully saturated rings. The summed E-state index contributed by atoms with van der Waals surface area (Å²) in [4.78, 5) is 14.5. The Bertz CT molecular complexity index is 1090. The van der Waals surface area contributed by atoms with Gasteiger partial charge in [-0.3, -0.25) is 9.69 Å². The number of hydrogen-bond acceptors (Lipinski definition) is 3. The van der Waals surface area contributed by atoms with Crippen LogP contribution in [0, 0.1) is 11.3 Å². The molecule has 1 saturated heterocycles. The van der Waals surface area contributed by atoms with Crippen LogP contribution in [0.3, 0.4) is 0 Å². The fraction of sp³-hybridized carbons (Fsp3) is 0.241. The molecule has 0 bridgehead atoms. The molecule has 3 aromatic rings. The van der Waals surface area contributed by atoms with Gasteiger partial charge in [0.1, 0.15) is 5.41 Å². The molecule has 0 saturated carbocycles. The number of benzene rings is 3. The molecule has 0 spiro atoms. The molecule has 3 aromatic carbocycles. The van der Waals surface area contributed by atoms with Crippen molar-refractivity contribution >= 4 is 18.4 Å². The molecule has 1 N–H and O–H groups in total. The van der Waals surface area contributed by atoms with E-state index in [0.29, 0.717) is 32.5 Å². The first-order valence-corrected chi connectivity index (χ1v) is 11.3. The molecule has 0 aliphatic carbocycles. The Hall–Kier alpha value is -3.39. The number of nitriles is 1. The van der Waals surface area contributed by atoms with Crippen LogP contribution in [0.2, 0.25) is 0 Å². The van der Waals surface area contributed by atoms with Crippen molar-refractivity contribution in [3.63, 3.8) is 0 Å². The summed E-state index contributed by atoms with van der Waals surface area (Å²) >= 11 is 0. The molecule has 4 nitrogen and oxygen atoms in total.